The number of hydrogen-bond acceptors (Lipinski definition) is 3. The van der Waals surface area contributed by atoms with Crippen molar-refractivity contribution in [2.45, 2.75) is 0 Å². The van der Waals surface area contributed by atoms with Crippen LogP contribution in [0.15, 0.2) is 77.5 Å². The molecule has 0 fully saturated rings. The van der Waals surface area contributed by atoms with Crippen molar-refractivity contribution in [3.8, 4) is 28.6 Å². The van der Waals surface area contributed by atoms with E-state index in [0.717, 1.165) is 11.1 Å². The molecule has 2 heterocycles. The van der Waals surface area contributed by atoms with Crippen molar-refractivity contribution in [1.29, 1.82) is 0 Å². The van der Waals surface area contributed by atoms with Gasteiger partial charge in [0.2, 0.25) is 11.7 Å². The molecule has 0 saturated heterocycles. The van der Waals surface area contributed by atoms with Crippen molar-refractivity contribution >= 4 is 0 Å². The molecule has 0 aliphatic heterocycles. The van der Waals surface area contributed by atoms with Gasteiger partial charge in [-0.1, -0.05) is 18.2 Å². The molecule has 0 saturated carbocycles. The summed E-state index contributed by atoms with van der Waals surface area (Å²) in [7, 11) is 0. The Bertz CT molecular complexity index is 913. The van der Waals surface area contributed by atoms with Gasteiger partial charge >= 0.3 is 0 Å². The molecule has 0 unspecified atom stereocenters. The molecule has 5 heteroatoms. The first-order valence-electron chi connectivity index (χ1n) is 7.13. The van der Waals surface area contributed by atoms with E-state index in [0.29, 0.717) is 17.5 Å². The molecule has 2 aromatic carbocycles. The fraction of sp³-hybridized carbons (Fsp3) is 0. The van der Waals surface area contributed by atoms with Gasteiger partial charge in [-0.25, -0.2) is 9.07 Å². The van der Waals surface area contributed by atoms with Crippen LogP contribution in [0.3, 0.4) is 0 Å². The topological polar surface area (TPSA) is 43.9 Å². The summed E-state index contributed by atoms with van der Waals surface area (Å²) >= 11 is 0. The number of oxazole rings is 1. The summed E-state index contributed by atoms with van der Waals surface area (Å²) in [6.07, 6.45) is 3.46. The van der Waals surface area contributed by atoms with Crippen molar-refractivity contribution < 1.29 is 8.81 Å². The first-order chi connectivity index (χ1) is 11.3. The molecular formula is C18H12FN3O. The van der Waals surface area contributed by atoms with Crippen LogP contribution in [0.4, 0.5) is 4.39 Å². The van der Waals surface area contributed by atoms with Crippen LogP contribution in [-0.2, 0) is 0 Å². The van der Waals surface area contributed by atoms with E-state index in [1.807, 2.05) is 36.4 Å². The van der Waals surface area contributed by atoms with Crippen LogP contribution in [0.25, 0.3) is 28.6 Å². The van der Waals surface area contributed by atoms with Gasteiger partial charge in [0.15, 0.2) is 5.76 Å². The lowest BCUT2D eigenvalue weighted by Crippen LogP contribution is -1.96. The van der Waals surface area contributed by atoms with Crippen LogP contribution in [0.5, 0.6) is 0 Å². The van der Waals surface area contributed by atoms with Gasteiger partial charge in [0.1, 0.15) is 5.82 Å². The molecule has 4 nitrogen and oxygen atoms in total. The Labute approximate surface area is 131 Å². The molecule has 4 aromatic rings. The van der Waals surface area contributed by atoms with Gasteiger partial charge in [-0.3, -0.25) is 0 Å². The van der Waals surface area contributed by atoms with E-state index in [4.69, 9.17) is 4.42 Å². The largest absolute Gasteiger partial charge is 0.434 e. The Hall–Kier alpha value is -3.21. The molecule has 0 amide bonds. The van der Waals surface area contributed by atoms with Crippen molar-refractivity contribution in [1.82, 2.24) is 14.8 Å². The van der Waals surface area contributed by atoms with Crippen LogP contribution in [0.1, 0.15) is 0 Å². The molecule has 0 spiro atoms. The SMILES string of the molecule is Fc1ccc(-c2oc(-c3ccccc3)nc2-n2cccn2)cc1. The molecule has 0 radical (unpaired) electrons. The number of halogens is 1. The predicted octanol–water partition coefficient (Wildman–Crippen LogP) is 4.33. The predicted molar refractivity (Wildman–Crippen MR) is 84.5 cm³/mol. The molecule has 112 valence electrons. The van der Waals surface area contributed by atoms with Crippen LogP contribution in [0, 0.1) is 5.82 Å². The Morgan fingerprint density at radius 3 is 2.35 bits per heavy atom. The van der Waals surface area contributed by atoms with Crippen LogP contribution in [-0.4, -0.2) is 14.8 Å². The van der Waals surface area contributed by atoms with E-state index < -0.39 is 0 Å². The summed E-state index contributed by atoms with van der Waals surface area (Å²) in [5.74, 6) is 1.32. The van der Waals surface area contributed by atoms with Gasteiger partial charge in [0.05, 0.1) is 0 Å². The van der Waals surface area contributed by atoms with E-state index in [1.165, 1.54) is 12.1 Å². The third kappa shape index (κ3) is 2.53. The fourth-order valence-corrected chi connectivity index (χ4v) is 2.35. The standard InChI is InChI=1S/C18H12FN3O/c19-15-9-7-13(8-10-15)16-17(22-12-4-11-20-22)21-18(23-16)14-5-2-1-3-6-14/h1-12H. The van der Waals surface area contributed by atoms with Crippen molar-refractivity contribution in [2.24, 2.45) is 0 Å². The summed E-state index contributed by atoms with van der Waals surface area (Å²) < 4.78 is 20.8. The van der Waals surface area contributed by atoms with Crippen molar-refractivity contribution in [3.05, 3.63) is 78.9 Å². The molecule has 4 rings (SSSR count). The highest BCUT2D eigenvalue weighted by Crippen LogP contribution is 2.31. The summed E-state index contributed by atoms with van der Waals surface area (Å²) in [5.41, 5.74) is 1.61. The highest BCUT2D eigenvalue weighted by molar-refractivity contribution is 5.68. The second-order valence-corrected chi connectivity index (χ2v) is 5.00. The third-order valence-corrected chi connectivity index (χ3v) is 3.46. The average molecular weight is 305 g/mol. The molecular weight excluding hydrogens is 293 g/mol. The Kier molecular flexibility index (Phi) is 3.24. The van der Waals surface area contributed by atoms with Gasteiger partial charge in [-0.05, 0) is 42.5 Å². The van der Waals surface area contributed by atoms with Gasteiger partial charge in [-0.15, -0.1) is 0 Å². The number of benzene rings is 2. The Morgan fingerprint density at radius 2 is 1.65 bits per heavy atom. The second-order valence-electron chi connectivity index (χ2n) is 5.00. The molecule has 23 heavy (non-hydrogen) atoms. The minimum Gasteiger partial charge on any atom is -0.434 e. The number of aromatic nitrogens is 3. The summed E-state index contributed by atoms with van der Waals surface area (Å²) in [4.78, 5) is 4.56. The highest BCUT2D eigenvalue weighted by atomic mass is 19.1. The fourth-order valence-electron chi connectivity index (χ4n) is 2.35. The van der Waals surface area contributed by atoms with E-state index in [2.05, 4.69) is 10.1 Å². The smallest absolute Gasteiger partial charge is 0.228 e. The maximum atomic E-state index is 13.2. The zero-order chi connectivity index (χ0) is 15.6. The van der Waals surface area contributed by atoms with E-state index in [-0.39, 0.29) is 5.82 Å². The van der Waals surface area contributed by atoms with Gasteiger partial charge in [0.25, 0.3) is 0 Å². The highest BCUT2D eigenvalue weighted by Gasteiger charge is 2.18. The quantitative estimate of drug-likeness (QED) is 0.566. The van der Waals surface area contributed by atoms with Gasteiger partial charge in [0, 0.05) is 23.5 Å². The maximum Gasteiger partial charge on any atom is 0.228 e. The van der Waals surface area contributed by atoms with E-state index in [9.17, 15) is 4.39 Å². The number of hydrogen-bond donors (Lipinski definition) is 0. The average Bonchev–Trinajstić information content (AvgIpc) is 3.26. The number of rotatable bonds is 3. The Morgan fingerprint density at radius 1 is 0.870 bits per heavy atom. The Balaban J connectivity index is 1.89. The monoisotopic (exact) mass is 305 g/mol. The van der Waals surface area contributed by atoms with Crippen LogP contribution in [0.2, 0.25) is 0 Å². The molecule has 0 atom stereocenters. The first kappa shape index (κ1) is 13.5. The molecule has 0 bridgehead atoms. The lowest BCUT2D eigenvalue weighted by Gasteiger charge is -2.00. The maximum absolute atomic E-state index is 13.2. The van der Waals surface area contributed by atoms with Gasteiger partial charge in [-0.2, -0.15) is 10.1 Å². The normalized spacial score (nSPS) is 10.8. The van der Waals surface area contributed by atoms with Crippen LogP contribution < -0.4 is 0 Å². The third-order valence-electron chi connectivity index (χ3n) is 3.46. The minimum atomic E-state index is -0.294. The summed E-state index contributed by atoms with van der Waals surface area (Å²) in [6.45, 7) is 0. The molecule has 0 aliphatic rings. The first-order valence-corrected chi connectivity index (χ1v) is 7.13. The molecule has 0 aliphatic carbocycles. The van der Waals surface area contributed by atoms with Crippen molar-refractivity contribution in [2.75, 3.05) is 0 Å². The van der Waals surface area contributed by atoms with Crippen LogP contribution >= 0.6 is 0 Å². The van der Waals surface area contributed by atoms with E-state index in [1.54, 1.807) is 29.2 Å². The number of nitrogens with zero attached hydrogens (tertiary/aromatic N) is 3. The zero-order valence-electron chi connectivity index (χ0n) is 12.1. The minimum absolute atomic E-state index is 0.294. The van der Waals surface area contributed by atoms with Crippen molar-refractivity contribution in [3.63, 3.8) is 0 Å². The summed E-state index contributed by atoms with van der Waals surface area (Å²) in [5, 5.41) is 4.22. The second kappa shape index (κ2) is 5.53. The van der Waals surface area contributed by atoms with Gasteiger partial charge < -0.3 is 4.42 Å². The lowest BCUT2D eigenvalue weighted by molar-refractivity contribution is 0.587. The lowest BCUT2D eigenvalue weighted by atomic mass is 10.2. The van der Waals surface area contributed by atoms with E-state index >= 15 is 0 Å². The summed E-state index contributed by atoms with van der Waals surface area (Å²) in [6, 6.07) is 17.6. The zero-order valence-corrected chi connectivity index (χ0v) is 12.1. The molecule has 2 aromatic heterocycles. The molecule has 0 N–H and O–H groups in total.